The van der Waals surface area contributed by atoms with E-state index < -0.39 is 0 Å². The van der Waals surface area contributed by atoms with E-state index in [1.54, 1.807) is 0 Å². The van der Waals surface area contributed by atoms with Gasteiger partial charge in [-0.15, -0.1) is 0 Å². The summed E-state index contributed by atoms with van der Waals surface area (Å²) in [6.45, 7) is 6.42. The Labute approximate surface area is 123 Å². The minimum atomic E-state index is 0.724. The van der Waals surface area contributed by atoms with Crippen molar-refractivity contribution in [3.8, 4) is 0 Å². The van der Waals surface area contributed by atoms with Crippen LogP contribution in [0, 0.1) is 5.41 Å². The molecule has 1 N–H and O–H groups in total. The number of nitrogens with zero attached hydrogens (tertiary/aromatic N) is 5. The van der Waals surface area contributed by atoms with Gasteiger partial charge in [-0.25, -0.2) is 20.4 Å². The summed E-state index contributed by atoms with van der Waals surface area (Å²) in [4.78, 5) is 15.7. The van der Waals surface area contributed by atoms with Gasteiger partial charge in [0.15, 0.2) is 0 Å². The second kappa shape index (κ2) is 17.7. The molecule has 0 aromatic carbocycles. The lowest BCUT2D eigenvalue weighted by atomic mass is 10.4. The second-order valence-corrected chi connectivity index (χ2v) is 4.76. The van der Waals surface area contributed by atoms with E-state index in [1.807, 2.05) is 27.0 Å². The van der Waals surface area contributed by atoms with Gasteiger partial charge in [-0.2, -0.15) is 0 Å². The van der Waals surface area contributed by atoms with E-state index in [9.17, 15) is 0 Å². The Bertz CT molecular complexity index is 299. The topological polar surface area (TPSA) is 67.4 Å². The summed E-state index contributed by atoms with van der Waals surface area (Å²) in [6.07, 6.45) is 2.10. The summed E-state index contributed by atoms with van der Waals surface area (Å²) in [5.41, 5.74) is 0. The third-order valence-electron chi connectivity index (χ3n) is 2.13. The number of hydrogen-bond donors (Lipinski definition) is 1. The summed E-state index contributed by atoms with van der Waals surface area (Å²) < 4.78 is 0. The van der Waals surface area contributed by atoms with Crippen LogP contribution in [-0.4, -0.2) is 82.7 Å². The van der Waals surface area contributed by atoms with Crippen molar-refractivity contribution in [2.75, 3.05) is 60.9 Å². The largest absolute Gasteiger partial charge is 0.309 e. The highest BCUT2D eigenvalue weighted by atomic mass is 15.1. The van der Waals surface area contributed by atoms with E-state index in [0.29, 0.717) is 0 Å². The van der Waals surface area contributed by atoms with Crippen molar-refractivity contribution in [1.82, 2.24) is 9.80 Å². The fraction of sp³-hybridized carbons (Fsp3) is 0.857. The maximum Gasteiger partial charge on any atom is 0.0892 e. The van der Waals surface area contributed by atoms with E-state index in [0.717, 1.165) is 45.6 Å². The fourth-order valence-corrected chi connectivity index (χ4v) is 1.16. The highest BCUT2D eigenvalue weighted by Crippen LogP contribution is 1.83. The SMILES string of the molecule is CCN=C=NCCCN(C)C.CN(C)CCCN=C=N. The Morgan fingerprint density at radius 1 is 0.850 bits per heavy atom. The highest BCUT2D eigenvalue weighted by Gasteiger charge is 1.87. The van der Waals surface area contributed by atoms with Crippen LogP contribution in [-0.2, 0) is 0 Å². The highest BCUT2D eigenvalue weighted by molar-refractivity contribution is 5.40. The average molecular weight is 282 g/mol. The predicted octanol–water partition coefficient (Wildman–Crippen LogP) is 1.82. The van der Waals surface area contributed by atoms with Crippen molar-refractivity contribution < 1.29 is 0 Å². The molecule has 20 heavy (non-hydrogen) atoms. The van der Waals surface area contributed by atoms with Gasteiger partial charge in [0.25, 0.3) is 0 Å². The lowest BCUT2D eigenvalue weighted by Gasteiger charge is -2.05. The third-order valence-corrected chi connectivity index (χ3v) is 2.13. The van der Waals surface area contributed by atoms with E-state index in [4.69, 9.17) is 5.41 Å². The molecule has 0 aliphatic carbocycles. The first-order valence-corrected chi connectivity index (χ1v) is 7.00. The average Bonchev–Trinajstić information content (AvgIpc) is 2.39. The van der Waals surface area contributed by atoms with Gasteiger partial charge in [0.05, 0.1) is 25.1 Å². The molecule has 0 amide bonds. The van der Waals surface area contributed by atoms with E-state index in [1.165, 1.54) is 0 Å². The van der Waals surface area contributed by atoms with Crippen molar-refractivity contribution in [3.63, 3.8) is 0 Å². The first-order valence-electron chi connectivity index (χ1n) is 7.00. The molecule has 116 valence electrons. The summed E-state index contributed by atoms with van der Waals surface area (Å²) in [5, 5.41) is 6.46. The number of nitrogens with one attached hydrogen (secondary N) is 1. The van der Waals surface area contributed by atoms with Crippen molar-refractivity contribution in [2.45, 2.75) is 19.8 Å². The van der Waals surface area contributed by atoms with Crippen LogP contribution in [0.15, 0.2) is 15.0 Å². The zero-order valence-corrected chi connectivity index (χ0v) is 13.7. The van der Waals surface area contributed by atoms with Crippen molar-refractivity contribution in [2.24, 2.45) is 15.0 Å². The molecule has 0 aliphatic rings. The molecule has 6 nitrogen and oxygen atoms in total. The zero-order valence-electron chi connectivity index (χ0n) is 13.7. The van der Waals surface area contributed by atoms with Gasteiger partial charge in [-0.3, -0.25) is 0 Å². The Hall–Kier alpha value is -1.32. The minimum absolute atomic E-state index is 0.724. The summed E-state index contributed by atoms with van der Waals surface area (Å²) >= 11 is 0. The molecule has 0 heterocycles. The molecule has 0 unspecified atom stereocenters. The molecule has 0 spiro atoms. The van der Waals surface area contributed by atoms with Gasteiger partial charge >= 0.3 is 0 Å². The number of rotatable bonds is 9. The maximum absolute atomic E-state index is 6.46. The molecule has 6 heteroatoms. The van der Waals surface area contributed by atoms with Gasteiger partial charge in [0.2, 0.25) is 0 Å². The van der Waals surface area contributed by atoms with Gasteiger partial charge < -0.3 is 9.80 Å². The molecule has 0 aromatic rings. The zero-order chi connectivity index (χ0) is 15.6. The van der Waals surface area contributed by atoms with E-state index >= 15 is 0 Å². The maximum atomic E-state index is 6.46. The summed E-state index contributed by atoms with van der Waals surface area (Å²) in [6, 6.07) is 4.64. The van der Waals surface area contributed by atoms with Crippen LogP contribution in [0.3, 0.4) is 0 Å². The van der Waals surface area contributed by atoms with Crippen LogP contribution in [0.5, 0.6) is 0 Å². The van der Waals surface area contributed by atoms with E-state index in [-0.39, 0.29) is 0 Å². The molecule has 0 radical (unpaired) electrons. The van der Waals surface area contributed by atoms with Crippen molar-refractivity contribution in [1.29, 1.82) is 5.41 Å². The monoisotopic (exact) mass is 282 g/mol. The lowest BCUT2D eigenvalue weighted by molar-refractivity contribution is 0.403. The predicted molar refractivity (Wildman–Crippen MR) is 86.6 cm³/mol. The molecule has 0 bridgehead atoms. The van der Waals surface area contributed by atoms with Gasteiger partial charge in [-0.1, -0.05) is 0 Å². The third kappa shape index (κ3) is 25.5. The van der Waals surface area contributed by atoms with Crippen LogP contribution < -0.4 is 0 Å². The van der Waals surface area contributed by atoms with Crippen molar-refractivity contribution >= 4 is 12.0 Å². The normalized spacial score (nSPS) is 9.35. The number of hydrogen-bond acceptors (Lipinski definition) is 6. The Morgan fingerprint density at radius 3 is 1.75 bits per heavy atom. The Kier molecular flexibility index (Phi) is 18.6. The quantitative estimate of drug-likeness (QED) is 0.518. The molecule has 0 aromatic heterocycles. The lowest BCUT2D eigenvalue weighted by Crippen LogP contribution is -2.13. The van der Waals surface area contributed by atoms with Crippen molar-refractivity contribution in [3.05, 3.63) is 0 Å². The number of aliphatic imine (C=N–C) groups is 3. The molecule has 0 rings (SSSR count). The molecule has 0 saturated heterocycles. The van der Waals surface area contributed by atoms with Crippen LogP contribution in [0.2, 0.25) is 0 Å². The fourth-order valence-electron chi connectivity index (χ4n) is 1.16. The van der Waals surface area contributed by atoms with Gasteiger partial charge in [0, 0.05) is 6.54 Å². The van der Waals surface area contributed by atoms with E-state index in [2.05, 4.69) is 44.9 Å². The molecular formula is C14H30N6. The van der Waals surface area contributed by atoms with Crippen LogP contribution in [0.4, 0.5) is 0 Å². The molecular weight excluding hydrogens is 252 g/mol. The molecule has 0 atom stereocenters. The minimum Gasteiger partial charge on any atom is -0.309 e. The first kappa shape index (κ1) is 21.0. The van der Waals surface area contributed by atoms with Crippen LogP contribution in [0.25, 0.3) is 0 Å². The Morgan fingerprint density at radius 2 is 1.35 bits per heavy atom. The summed E-state index contributed by atoms with van der Waals surface area (Å²) in [5.74, 6) is 0. The smallest absolute Gasteiger partial charge is 0.0892 e. The van der Waals surface area contributed by atoms with Crippen LogP contribution >= 0.6 is 0 Å². The standard InChI is InChI=1S/C8H17N3.C6H13N3/c1-4-9-8-10-6-5-7-11(2)3;1-9(2)5-3-4-8-6-7/h4-7H2,1-3H3;7H,3-5H2,1-2H3. The van der Waals surface area contributed by atoms with Crippen LogP contribution in [0.1, 0.15) is 19.8 Å². The van der Waals surface area contributed by atoms with Gasteiger partial charge in [0.1, 0.15) is 0 Å². The van der Waals surface area contributed by atoms with Gasteiger partial charge in [-0.05, 0) is 61.0 Å². The Balaban J connectivity index is 0. The summed E-state index contributed by atoms with van der Waals surface area (Å²) in [7, 11) is 8.16. The molecule has 0 fully saturated rings. The molecule has 0 aliphatic heterocycles. The molecule has 0 saturated carbocycles. The second-order valence-electron chi connectivity index (χ2n) is 4.76. The first-order chi connectivity index (χ1) is 9.54.